The van der Waals surface area contributed by atoms with Crippen molar-refractivity contribution in [2.45, 2.75) is 11.3 Å². The summed E-state index contributed by atoms with van der Waals surface area (Å²) in [6, 6.07) is 13.0. The maximum Gasteiger partial charge on any atom is 0.277 e. The Morgan fingerprint density at radius 2 is 2.12 bits per heavy atom. The summed E-state index contributed by atoms with van der Waals surface area (Å²) in [6.07, 6.45) is 0.651. The molecule has 1 amide bonds. The molecule has 0 saturated heterocycles. The number of carbonyl (C=O) groups is 1. The van der Waals surface area contributed by atoms with Gasteiger partial charge in [0.25, 0.3) is 5.91 Å². The fraction of sp³-hybridized carbons (Fsp3) is 0.167. The standard InChI is InChI=1S/C18H14FN3O2S/c19-13-3-6-17-15(9-13)16(7-8-25-17)21-22-18(23)11-24-14-4-1-12(10-20)2-5-14/h1-6,9H,7-8,11H2,(H,22,23)/b21-16-. The zero-order valence-electron chi connectivity index (χ0n) is 13.2. The number of ether oxygens (including phenoxy) is 1. The van der Waals surface area contributed by atoms with Crippen LogP contribution in [0, 0.1) is 17.1 Å². The summed E-state index contributed by atoms with van der Waals surface area (Å²) in [5.74, 6) is 0.579. The molecule has 1 aliphatic rings. The first kappa shape index (κ1) is 17.0. The van der Waals surface area contributed by atoms with Gasteiger partial charge in [0.15, 0.2) is 6.61 Å². The Labute approximate surface area is 148 Å². The molecule has 0 fully saturated rings. The van der Waals surface area contributed by atoms with Crippen LogP contribution < -0.4 is 10.2 Å². The molecule has 0 radical (unpaired) electrons. The lowest BCUT2D eigenvalue weighted by atomic mass is 10.1. The van der Waals surface area contributed by atoms with Crippen LogP contribution in [0.5, 0.6) is 5.75 Å². The number of halogens is 1. The zero-order chi connectivity index (χ0) is 17.6. The minimum atomic E-state index is -0.409. The molecule has 1 N–H and O–H groups in total. The first-order chi connectivity index (χ1) is 12.2. The number of benzene rings is 2. The monoisotopic (exact) mass is 355 g/mol. The fourth-order valence-corrected chi connectivity index (χ4v) is 3.31. The number of hydrazone groups is 1. The molecule has 0 spiro atoms. The first-order valence-corrected chi connectivity index (χ1v) is 8.55. The van der Waals surface area contributed by atoms with Gasteiger partial charge in [0.2, 0.25) is 0 Å². The van der Waals surface area contributed by atoms with E-state index >= 15 is 0 Å². The molecule has 0 saturated carbocycles. The maximum atomic E-state index is 13.4. The Morgan fingerprint density at radius 1 is 1.32 bits per heavy atom. The van der Waals surface area contributed by atoms with Gasteiger partial charge in [-0.2, -0.15) is 10.4 Å². The minimum absolute atomic E-state index is 0.201. The van der Waals surface area contributed by atoms with Crippen molar-refractivity contribution in [1.82, 2.24) is 5.43 Å². The summed E-state index contributed by atoms with van der Waals surface area (Å²) >= 11 is 1.64. The van der Waals surface area contributed by atoms with Crippen molar-refractivity contribution in [1.29, 1.82) is 5.26 Å². The van der Waals surface area contributed by atoms with E-state index in [0.717, 1.165) is 10.6 Å². The Kier molecular flexibility index (Phi) is 5.31. The molecule has 25 heavy (non-hydrogen) atoms. The Morgan fingerprint density at radius 3 is 2.88 bits per heavy atom. The van der Waals surface area contributed by atoms with Gasteiger partial charge in [0.1, 0.15) is 11.6 Å². The lowest BCUT2D eigenvalue weighted by Gasteiger charge is -2.17. The molecule has 2 aromatic rings. The molecule has 0 bridgehead atoms. The van der Waals surface area contributed by atoms with Gasteiger partial charge in [-0.1, -0.05) is 0 Å². The number of thioether (sulfide) groups is 1. The quantitative estimate of drug-likeness (QED) is 0.855. The van der Waals surface area contributed by atoms with Gasteiger partial charge in [0.05, 0.1) is 17.3 Å². The number of hydrogen-bond acceptors (Lipinski definition) is 5. The number of nitrogens with zero attached hydrogens (tertiary/aromatic N) is 2. The summed E-state index contributed by atoms with van der Waals surface area (Å²) in [4.78, 5) is 12.8. The van der Waals surface area contributed by atoms with Crippen LogP contribution in [0.4, 0.5) is 4.39 Å². The van der Waals surface area contributed by atoms with Crippen LogP contribution in [0.2, 0.25) is 0 Å². The van der Waals surface area contributed by atoms with Crippen molar-refractivity contribution in [3.05, 3.63) is 59.4 Å². The van der Waals surface area contributed by atoms with Crippen LogP contribution in [0.25, 0.3) is 0 Å². The number of nitriles is 1. The summed E-state index contributed by atoms with van der Waals surface area (Å²) in [7, 11) is 0. The van der Waals surface area contributed by atoms with E-state index in [0.29, 0.717) is 29.0 Å². The van der Waals surface area contributed by atoms with Crippen LogP contribution in [-0.2, 0) is 4.79 Å². The second kappa shape index (κ2) is 7.81. The first-order valence-electron chi connectivity index (χ1n) is 7.57. The molecular formula is C18H14FN3O2S. The van der Waals surface area contributed by atoms with E-state index in [1.807, 2.05) is 6.07 Å². The van der Waals surface area contributed by atoms with Crippen LogP contribution in [0.1, 0.15) is 17.5 Å². The topological polar surface area (TPSA) is 74.5 Å². The fourth-order valence-electron chi connectivity index (χ4n) is 2.30. The molecule has 0 aliphatic carbocycles. The van der Waals surface area contributed by atoms with Crippen LogP contribution >= 0.6 is 11.8 Å². The molecule has 3 rings (SSSR count). The Hall–Kier alpha value is -2.85. The molecule has 2 aromatic carbocycles. The lowest BCUT2D eigenvalue weighted by Crippen LogP contribution is -2.26. The molecule has 7 heteroatoms. The summed E-state index contributed by atoms with van der Waals surface area (Å²) in [5.41, 5.74) is 4.33. The summed E-state index contributed by atoms with van der Waals surface area (Å²) in [6.45, 7) is -0.201. The Bertz CT molecular complexity index is 860. The normalized spacial score (nSPS) is 14.5. The van der Waals surface area contributed by atoms with Crippen LogP contribution in [-0.4, -0.2) is 24.0 Å². The maximum absolute atomic E-state index is 13.4. The highest BCUT2D eigenvalue weighted by molar-refractivity contribution is 7.99. The van der Waals surface area contributed by atoms with E-state index in [9.17, 15) is 9.18 Å². The molecule has 0 atom stereocenters. The van der Waals surface area contributed by atoms with E-state index < -0.39 is 5.91 Å². The molecule has 0 unspecified atom stereocenters. The van der Waals surface area contributed by atoms with Crippen LogP contribution in [0.15, 0.2) is 52.5 Å². The number of carbonyl (C=O) groups excluding carboxylic acids is 1. The second-order valence-corrected chi connectivity index (χ2v) is 6.39. The molecule has 126 valence electrons. The van der Waals surface area contributed by atoms with Gasteiger partial charge in [-0.05, 0) is 42.5 Å². The highest BCUT2D eigenvalue weighted by atomic mass is 32.2. The predicted molar refractivity (Wildman–Crippen MR) is 93.1 cm³/mol. The third-order valence-electron chi connectivity index (χ3n) is 3.52. The average molecular weight is 355 g/mol. The largest absolute Gasteiger partial charge is 0.484 e. The number of fused-ring (bicyclic) bond motifs is 1. The van der Waals surface area contributed by atoms with Crippen molar-refractivity contribution in [2.24, 2.45) is 5.10 Å². The van der Waals surface area contributed by atoms with Crippen molar-refractivity contribution in [2.75, 3.05) is 12.4 Å². The average Bonchev–Trinajstić information content (AvgIpc) is 2.65. The summed E-state index contributed by atoms with van der Waals surface area (Å²) in [5, 5.41) is 12.9. The van der Waals surface area contributed by atoms with E-state index in [-0.39, 0.29) is 12.4 Å². The van der Waals surface area contributed by atoms with E-state index in [1.54, 1.807) is 42.1 Å². The van der Waals surface area contributed by atoms with Gasteiger partial charge in [0, 0.05) is 22.6 Å². The number of rotatable bonds is 4. The third-order valence-corrected chi connectivity index (χ3v) is 4.59. The van der Waals surface area contributed by atoms with E-state index in [4.69, 9.17) is 10.00 Å². The predicted octanol–water partition coefficient (Wildman–Crippen LogP) is 3.09. The lowest BCUT2D eigenvalue weighted by molar-refractivity contribution is -0.123. The van der Waals surface area contributed by atoms with E-state index in [1.165, 1.54) is 12.1 Å². The van der Waals surface area contributed by atoms with Gasteiger partial charge in [-0.15, -0.1) is 11.8 Å². The van der Waals surface area contributed by atoms with Crippen molar-refractivity contribution in [3.8, 4) is 11.8 Å². The van der Waals surface area contributed by atoms with Gasteiger partial charge in [-0.3, -0.25) is 4.79 Å². The van der Waals surface area contributed by atoms with Crippen molar-refractivity contribution >= 4 is 23.4 Å². The second-order valence-electron chi connectivity index (χ2n) is 5.26. The highest BCUT2D eigenvalue weighted by Crippen LogP contribution is 2.30. The van der Waals surface area contributed by atoms with Gasteiger partial charge in [-0.25, -0.2) is 9.82 Å². The molecule has 5 nitrogen and oxygen atoms in total. The highest BCUT2D eigenvalue weighted by Gasteiger charge is 2.17. The summed E-state index contributed by atoms with van der Waals surface area (Å²) < 4.78 is 18.8. The molecule has 1 heterocycles. The third kappa shape index (κ3) is 4.37. The zero-order valence-corrected chi connectivity index (χ0v) is 14.0. The van der Waals surface area contributed by atoms with Crippen molar-refractivity contribution < 1.29 is 13.9 Å². The number of amides is 1. The molecule has 1 aliphatic heterocycles. The van der Waals surface area contributed by atoms with Gasteiger partial charge >= 0.3 is 0 Å². The molecular weight excluding hydrogens is 341 g/mol. The van der Waals surface area contributed by atoms with Crippen molar-refractivity contribution in [3.63, 3.8) is 0 Å². The van der Waals surface area contributed by atoms with E-state index in [2.05, 4.69) is 10.5 Å². The minimum Gasteiger partial charge on any atom is -0.484 e. The van der Waals surface area contributed by atoms with Gasteiger partial charge < -0.3 is 4.74 Å². The number of nitrogens with one attached hydrogen (secondary N) is 1. The number of hydrogen-bond donors (Lipinski definition) is 1. The Balaban J connectivity index is 1.59. The SMILES string of the molecule is N#Cc1ccc(OCC(=O)N/N=C2/CCSc3ccc(F)cc32)cc1. The molecule has 0 aromatic heterocycles. The van der Waals surface area contributed by atoms with Crippen LogP contribution in [0.3, 0.4) is 0 Å². The smallest absolute Gasteiger partial charge is 0.277 e.